The molecule has 1 aliphatic rings. The monoisotopic (exact) mass is 250 g/mol. The van der Waals surface area contributed by atoms with Crippen LogP contribution in [0.1, 0.15) is 12.5 Å². The molecule has 92 valence electrons. The van der Waals surface area contributed by atoms with Gasteiger partial charge in [-0.3, -0.25) is 0 Å². The quantitative estimate of drug-likeness (QED) is 0.789. The molecule has 1 saturated heterocycles. The van der Waals surface area contributed by atoms with E-state index in [1.165, 1.54) is 0 Å². The zero-order chi connectivity index (χ0) is 12.4. The topological polar surface area (TPSA) is 45.4 Å². The van der Waals surface area contributed by atoms with Crippen molar-refractivity contribution in [1.82, 2.24) is 9.88 Å². The number of hydrogen-bond acceptors (Lipinski definition) is 4. The Kier molecular flexibility index (Phi) is 3.59. The van der Waals surface area contributed by atoms with Crippen molar-refractivity contribution in [3.63, 3.8) is 0 Å². The van der Waals surface area contributed by atoms with Gasteiger partial charge >= 0.3 is 0 Å². The molecule has 2 N–H and O–H groups in total. The summed E-state index contributed by atoms with van der Waals surface area (Å²) in [5.74, 6) is 0.917. The van der Waals surface area contributed by atoms with Gasteiger partial charge in [0.05, 0.1) is 5.56 Å². The minimum absolute atomic E-state index is 0.416. The first-order chi connectivity index (χ1) is 8.09. The third-order valence-electron chi connectivity index (χ3n) is 3.31. The zero-order valence-corrected chi connectivity index (χ0v) is 11.1. The SMILES string of the molecule is CC1CN(c2ncccc2C(N)=S)CCN1C. The lowest BCUT2D eigenvalue weighted by Gasteiger charge is -2.38. The summed E-state index contributed by atoms with van der Waals surface area (Å²) in [5.41, 5.74) is 6.61. The largest absolute Gasteiger partial charge is 0.389 e. The number of aromatic nitrogens is 1. The minimum Gasteiger partial charge on any atom is -0.389 e. The van der Waals surface area contributed by atoms with Gasteiger partial charge in [0.15, 0.2) is 0 Å². The molecule has 0 aromatic carbocycles. The number of rotatable bonds is 2. The lowest BCUT2D eigenvalue weighted by Crippen LogP contribution is -2.50. The molecule has 17 heavy (non-hydrogen) atoms. The van der Waals surface area contributed by atoms with Crippen LogP contribution in [0.2, 0.25) is 0 Å². The maximum absolute atomic E-state index is 5.74. The second-order valence-corrected chi connectivity index (χ2v) is 4.95. The van der Waals surface area contributed by atoms with Gasteiger partial charge in [-0.15, -0.1) is 0 Å². The maximum atomic E-state index is 5.74. The molecule has 0 spiro atoms. The predicted molar refractivity (Wildman–Crippen MR) is 74.4 cm³/mol. The highest BCUT2D eigenvalue weighted by molar-refractivity contribution is 7.80. The number of nitrogens with zero attached hydrogens (tertiary/aromatic N) is 3. The van der Waals surface area contributed by atoms with Gasteiger partial charge in [-0.2, -0.15) is 0 Å². The van der Waals surface area contributed by atoms with Gasteiger partial charge in [0.2, 0.25) is 0 Å². The van der Waals surface area contributed by atoms with Gasteiger partial charge in [-0.1, -0.05) is 12.2 Å². The van der Waals surface area contributed by atoms with Crippen LogP contribution in [-0.4, -0.2) is 47.6 Å². The zero-order valence-electron chi connectivity index (χ0n) is 10.3. The molecule has 0 radical (unpaired) electrons. The number of nitrogens with two attached hydrogens (primary N) is 1. The minimum atomic E-state index is 0.416. The van der Waals surface area contributed by atoms with Crippen molar-refractivity contribution in [1.29, 1.82) is 0 Å². The Morgan fingerprint density at radius 1 is 1.53 bits per heavy atom. The summed E-state index contributed by atoms with van der Waals surface area (Å²) >= 11 is 5.07. The molecule has 1 aliphatic heterocycles. The van der Waals surface area contributed by atoms with E-state index in [1.807, 2.05) is 12.1 Å². The summed E-state index contributed by atoms with van der Waals surface area (Å²) in [7, 11) is 2.15. The molecular weight excluding hydrogens is 232 g/mol. The molecule has 1 aromatic heterocycles. The van der Waals surface area contributed by atoms with Crippen LogP contribution < -0.4 is 10.6 Å². The van der Waals surface area contributed by atoms with E-state index in [1.54, 1.807) is 6.20 Å². The van der Waals surface area contributed by atoms with E-state index >= 15 is 0 Å². The Morgan fingerprint density at radius 2 is 2.29 bits per heavy atom. The van der Waals surface area contributed by atoms with Crippen molar-refractivity contribution >= 4 is 23.0 Å². The van der Waals surface area contributed by atoms with Crippen LogP contribution in [0.5, 0.6) is 0 Å². The number of thiocarbonyl (C=S) groups is 1. The van der Waals surface area contributed by atoms with Crippen molar-refractivity contribution in [2.75, 3.05) is 31.6 Å². The average Bonchev–Trinajstić information content (AvgIpc) is 2.32. The Hall–Kier alpha value is -1.20. The number of likely N-dealkylation sites (N-methyl/N-ethyl adjacent to an activating group) is 1. The van der Waals surface area contributed by atoms with Crippen LogP contribution in [0.15, 0.2) is 18.3 Å². The molecule has 2 heterocycles. The fraction of sp³-hybridized carbons (Fsp3) is 0.500. The number of pyridine rings is 1. The summed E-state index contributed by atoms with van der Waals surface area (Å²) in [6.07, 6.45) is 1.79. The highest BCUT2D eigenvalue weighted by Gasteiger charge is 2.23. The molecule has 0 amide bonds. The molecule has 0 bridgehead atoms. The molecule has 0 aliphatic carbocycles. The summed E-state index contributed by atoms with van der Waals surface area (Å²) in [6.45, 7) is 5.18. The summed E-state index contributed by atoms with van der Waals surface area (Å²) < 4.78 is 0. The summed E-state index contributed by atoms with van der Waals surface area (Å²) in [4.78, 5) is 9.45. The number of piperazine rings is 1. The standard InChI is InChI=1S/C12H18N4S/c1-9-8-16(7-6-15(9)2)12-10(11(13)17)4-3-5-14-12/h3-5,9H,6-8H2,1-2H3,(H2,13,17). The Morgan fingerprint density at radius 3 is 2.94 bits per heavy atom. The first-order valence-corrected chi connectivity index (χ1v) is 6.20. The van der Waals surface area contributed by atoms with Gasteiger partial charge < -0.3 is 15.5 Å². The van der Waals surface area contributed by atoms with Crippen molar-refractivity contribution in [3.8, 4) is 0 Å². The molecule has 2 rings (SSSR count). The molecule has 4 nitrogen and oxygen atoms in total. The van der Waals surface area contributed by atoms with E-state index < -0.39 is 0 Å². The van der Waals surface area contributed by atoms with E-state index in [9.17, 15) is 0 Å². The van der Waals surface area contributed by atoms with Crippen LogP contribution in [0, 0.1) is 0 Å². The van der Waals surface area contributed by atoms with Crippen LogP contribution in [-0.2, 0) is 0 Å². The Bertz CT molecular complexity index is 421. The fourth-order valence-electron chi connectivity index (χ4n) is 2.08. The van der Waals surface area contributed by atoms with Gasteiger partial charge in [0.1, 0.15) is 10.8 Å². The summed E-state index contributed by atoms with van der Waals surface area (Å²) in [5, 5.41) is 0. The van der Waals surface area contributed by atoms with Crippen molar-refractivity contribution in [2.45, 2.75) is 13.0 Å². The first kappa shape index (κ1) is 12.3. The van der Waals surface area contributed by atoms with Crippen molar-refractivity contribution in [2.24, 2.45) is 5.73 Å². The van der Waals surface area contributed by atoms with Gasteiger partial charge in [-0.05, 0) is 26.1 Å². The lowest BCUT2D eigenvalue weighted by molar-refractivity contribution is 0.233. The lowest BCUT2D eigenvalue weighted by atomic mass is 10.1. The van der Waals surface area contributed by atoms with Crippen molar-refractivity contribution in [3.05, 3.63) is 23.9 Å². The number of anilines is 1. The van der Waals surface area contributed by atoms with E-state index in [4.69, 9.17) is 18.0 Å². The smallest absolute Gasteiger partial charge is 0.138 e. The third-order valence-corrected chi connectivity index (χ3v) is 3.53. The van der Waals surface area contributed by atoms with Crippen LogP contribution in [0.25, 0.3) is 0 Å². The first-order valence-electron chi connectivity index (χ1n) is 5.79. The molecule has 1 aromatic rings. The second-order valence-electron chi connectivity index (χ2n) is 4.51. The van der Waals surface area contributed by atoms with E-state index in [0.29, 0.717) is 11.0 Å². The van der Waals surface area contributed by atoms with Crippen LogP contribution in [0.4, 0.5) is 5.82 Å². The fourth-order valence-corrected chi connectivity index (χ4v) is 2.24. The molecule has 0 saturated carbocycles. The highest BCUT2D eigenvalue weighted by atomic mass is 32.1. The predicted octanol–water partition coefficient (Wildman–Crippen LogP) is 0.856. The Labute approximate surface area is 107 Å². The van der Waals surface area contributed by atoms with Gasteiger partial charge in [0, 0.05) is 31.9 Å². The van der Waals surface area contributed by atoms with Crippen LogP contribution >= 0.6 is 12.2 Å². The number of hydrogen-bond donors (Lipinski definition) is 1. The average molecular weight is 250 g/mol. The molecule has 1 atom stereocenters. The van der Waals surface area contributed by atoms with Crippen molar-refractivity contribution < 1.29 is 0 Å². The van der Waals surface area contributed by atoms with Crippen LogP contribution in [0.3, 0.4) is 0 Å². The molecule has 1 unspecified atom stereocenters. The highest BCUT2D eigenvalue weighted by Crippen LogP contribution is 2.20. The molecule has 5 heteroatoms. The Balaban J connectivity index is 2.25. The van der Waals surface area contributed by atoms with E-state index in [0.717, 1.165) is 31.0 Å². The second kappa shape index (κ2) is 4.98. The van der Waals surface area contributed by atoms with Gasteiger partial charge in [-0.25, -0.2) is 4.98 Å². The van der Waals surface area contributed by atoms with E-state index in [-0.39, 0.29) is 0 Å². The summed E-state index contributed by atoms with van der Waals surface area (Å²) in [6, 6.07) is 4.33. The molecular formula is C12H18N4S. The van der Waals surface area contributed by atoms with Gasteiger partial charge in [0.25, 0.3) is 0 Å². The normalized spacial score (nSPS) is 21.5. The maximum Gasteiger partial charge on any atom is 0.138 e. The van der Waals surface area contributed by atoms with E-state index in [2.05, 4.69) is 28.8 Å². The third kappa shape index (κ3) is 2.56. The molecule has 1 fully saturated rings.